The maximum absolute atomic E-state index is 12.7. The van der Waals surface area contributed by atoms with E-state index in [9.17, 15) is 14.4 Å². The molecule has 1 unspecified atom stereocenters. The monoisotopic (exact) mass is 318 g/mol. The Bertz CT molecular complexity index is 639. The van der Waals surface area contributed by atoms with E-state index in [0.717, 1.165) is 11.3 Å². The average Bonchev–Trinajstić information content (AvgIpc) is 2.87. The zero-order valence-electron chi connectivity index (χ0n) is 13.7. The SMILES string of the molecule is CC(=O)N1CCc2cc(C(=O)C(CC(=O)O)CN(C)C)ccc21. The zero-order valence-corrected chi connectivity index (χ0v) is 13.7. The van der Waals surface area contributed by atoms with E-state index in [0.29, 0.717) is 25.1 Å². The normalized spacial score (nSPS) is 14.7. The molecule has 6 nitrogen and oxygen atoms in total. The molecule has 1 atom stereocenters. The van der Waals surface area contributed by atoms with Gasteiger partial charge in [-0.25, -0.2) is 0 Å². The van der Waals surface area contributed by atoms with Gasteiger partial charge in [-0.2, -0.15) is 0 Å². The van der Waals surface area contributed by atoms with Crippen LogP contribution in [0.2, 0.25) is 0 Å². The second-order valence-corrected chi connectivity index (χ2v) is 6.19. The topological polar surface area (TPSA) is 77.9 Å². The number of carbonyl (C=O) groups is 3. The molecule has 0 aliphatic carbocycles. The van der Waals surface area contributed by atoms with Crippen molar-refractivity contribution in [1.29, 1.82) is 0 Å². The first-order valence-corrected chi connectivity index (χ1v) is 7.61. The lowest BCUT2D eigenvalue weighted by Crippen LogP contribution is -2.30. The van der Waals surface area contributed by atoms with Crippen LogP contribution < -0.4 is 4.90 Å². The summed E-state index contributed by atoms with van der Waals surface area (Å²) in [5, 5.41) is 9.03. The Balaban J connectivity index is 2.25. The fraction of sp³-hybridized carbons (Fsp3) is 0.471. The summed E-state index contributed by atoms with van der Waals surface area (Å²) in [7, 11) is 3.63. The van der Waals surface area contributed by atoms with Crippen molar-refractivity contribution in [3.05, 3.63) is 29.3 Å². The summed E-state index contributed by atoms with van der Waals surface area (Å²) < 4.78 is 0. The lowest BCUT2D eigenvalue weighted by atomic mass is 9.93. The van der Waals surface area contributed by atoms with Gasteiger partial charge in [0.2, 0.25) is 5.91 Å². The van der Waals surface area contributed by atoms with Gasteiger partial charge in [-0.15, -0.1) is 0 Å². The maximum Gasteiger partial charge on any atom is 0.304 e. The quantitative estimate of drug-likeness (QED) is 0.803. The van der Waals surface area contributed by atoms with Crippen molar-refractivity contribution in [1.82, 2.24) is 4.90 Å². The van der Waals surface area contributed by atoms with Gasteiger partial charge < -0.3 is 14.9 Å². The maximum atomic E-state index is 12.7. The number of carboxylic acids is 1. The van der Waals surface area contributed by atoms with E-state index in [4.69, 9.17) is 5.11 Å². The van der Waals surface area contributed by atoms with Crippen molar-refractivity contribution < 1.29 is 19.5 Å². The van der Waals surface area contributed by atoms with Crippen molar-refractivity contribution in [2.45, 2.75) is 19.8 Å². The third-order valence-corrected chi connectivity index (χ3v) is 4.02. The van der Waals surface area contributed by atoms with Gasteiger partial charge in [-0.3, -0.25) is 14.4 Å². The summed E-state index contributed by atoms with van der Waals surface area (Å²) in [4.78, 5) is 38.8. The molecule has 1 aliphatic heterocycles. The number of fused-ring (bicyclic) bond motifs is 1. The second kappa shape index (κ2) is 6.91. The molecule has 0 saturated heterocycles. The Morgan fingerprint density at radius 1 is 1.30 bits per heavy atom. The van der Waals surface area contributed by atoms with E-state index in [-0.39, 0.29) is 18.1 Å². The second-order valence-electron chi connectivity index (χ2n) is 6.19. The summed E-state index contributed by atoms with van der Waals surface area (Å²) in [6.45, 7) is 2.54. The third kappa shape index (κ3) is 3.96. The molecule has 1 aromatic carbocycles. The molecule has 0 radical (unpaired) electrons. The molecular weight excluding hydrogens is 296 g/mol. The predicted molar refractivity (Wildman–Crippen MR) is 86.8 cm³/mol. The number of carbonyl (C=O) groups excluding carboxylic acids is 2. The first-order valence-electron chi connectivity index (χ1n) is 7.61. The van der Waals surface area contributed by atoms with Crippen LogP contribution in [-0.4, -0.2) is 54.9 Å². The van der Waals surface area contributed by atoms with Crippen LogP contribution in [0.15, 0.2) is 18.2 Å². The standard InChI is InChI=1S/C17H22N2O4/c1-11(20)19-7-6-12-8-13(4-5-15(12)19)17(23)14(9-16(21)22)10-18(2)3/h4-5,8,14H,6-7,9-10H2,1-3H3,(H,21,22). The lowest BCUT2D eigenvalue weighted by Gasteiger charge is -2.19. The highest BCUT2D eigenvalue weighted by molar-refractivity contribution is 6.01. The average molecular weight is 318 g/mol. The van der Waals surface area contributed by atoms with Crippen molar-refractivity contribution in [2.75, 3.05) is 32.1 Å². The molecule has 0 spiro atoms. The highest BCUT2D eigenvalue weighted by atomic mass is 16.4. The first-order chi connectivity index (χ1) is 10.8. The molecule has 1 aliphatic rings. The van der Waals surface area contributed by atoms with E-state index in [1.54, 1.807) is 23.1 Å². The largest absolute Gasteiger partial charge is 0.481 e. The molecule has 1 aromatic rings. The van der Waals surface area contributed by atoms with Gasteiger partial charge in [-0.1, -0.05) is 0 Å². The fourth-order valence-electron chi connectivity index (χ4n) is 3.01. The van der Waals surface area contributed by atoms with Crippen molar-refractivity contribution >= 4 is 23.3 Å². The van der Waals surface area contributed by atoms with Crippen molar-refractivity contribution in [2.24, 2.45) is 5.92 Å². The summed E-state index contributed by atoms with van der Waals surface area (Å²) in [6, 6.07) is 5.27. The van der Waals surface area contributed by atoms with Crippen molar-refractivity contribution in [3.8, 4) is 0 Å². The van der Waals surface area contributed by atoms with E-state index in [2.05, 4.69) is 0 Å². The van der Waals surface area contributed by atoms with Crippen LogP contribution in [0, 0.1) is 5.92 Å². The highest BCUT2D eigenvalue weighted by Gasteiger charge is 2.27. The predicted octanol–water partition coefficient (Wildman–Crippen LogP) is 1.43. The molecule has 124 valence electrons. The van der Waals surface area contributed by atoms with E-state index in [1.165, 1.54) is 6.92 Å². The molecule has 2 rings (SSSR count). The van der Waals surface area contributed by atoms with Crippen LogP contribution in [0.1, 0.15) is 29.3 Å². The van der Waals surface area contributed by atoms with Crippen LogP contribution >= 0.6 is 0 Å². The minimum Gasteiger partial charge on any atom is -0.481 e. The Morgan fingerprint density at radius 2 is 2.00 bits per heavy atom. The number of rotatable bonds is 6. The highest BCUT2D eigenvalue weighted by Crippen LogP contribution is 2.30. The fourth-order valence-corrected chi connectivity index (χ4v) is 3.01. The number of hydrogen-bond acceptors (Lipinski definition) is 4. The van der Waals surface area contributed by atoms with Crippen LogP contribution in [0.25, 0.3) is 0 Å². The number of Topliss-reactive ketones (excluding diaryl/α,β-unsaturated/α-hetero) is 1. The lowest BCUT2D eigenvalue weighted by molar-refractivity contribution is -0.137. The molecule has 6 heteroatoms. The summed E-state index contributed by atoms with van der Waals surface area (Å²) in [6.07, 6.45) is 0.529. The molecule has 1 N–H and O–H groups in total. The summed E-state index contributed by atoms with van der Waals surface area (Å²) in [5.41, 5.74) is 2.32. The van der Waals surface area contributed by atoms with Gasteiger partial charge in [0.15, 0.2) is 5.78 Å². The number of aliphatic carboxylic acids is 1. The number of amides is 1. The van der Waals surface area contributed by atoms with E-state index < -0.39 is 11.9 Å². The number of anilines is 1. The van der Waals surface area contributed by atoms with Gasteiger partial charge in [0.05, 0.1) is 6.42 Å². The zero-order chi connectivity index (χ0) is 17.1. The molecule has 0 saturated carbocycles. The van der Waals surface area contributed by atoms with Crippen LogP contribution in [0.3, 0.4) is 0 Å². The van der Waals surface area contributed by atoms with Gasteiger partial charge in [-0.05, 0) is 44.3 Å². The molecular formula is C17H22N2O4. The Morgan fingerprint density at radius 3 is 2.57 bits per heavy atom. The number of ketones is 1. The Labute approximate surface area is 135 Å². The number of nitrogens with zero attached hydrogens (tertiary/aromatic N) is 2. The molecule has 0 bridgehead atoms. The number of hydrogen-bond donors (Lipinski definition) is 1. The number of carboxylic acid groups (broad SMARTS) is 1. The van der Waals surface area contributed by atoms with Gasteiger partial charge in [0, 0.05) is 37.2 Å². The van der Waals surface area contributed by atoms with Crippen LogP contribution in [0.4, 0.5) is 5.69 Å². The summed E-state index contributed by atoms with van der Waals surface area (Å²) >= 11 is 0. The van der Waals surface area contributed by atoms with Crippen molar-refractivity contribution in [3.63, 3.8) is 0 Å². The van der Waals surface area contributed by atoms with Crippen LogP contribution in [0.5, 0.6) is 0 Å². The van der Waals surface area contributed by atoms with E-state index in [1.807, 2.05) is 19.0 Å². The smallest absolute Gasteiger partial charge is 0.304 e. The molecule has 0 aromatic heterocycles. The minimum absolute atomic E-state index is 0.0146. The Hall–Kier alpha value is -2.21. The molecule has 1 amide bonds. The van der Waals surface area contributed by atoms with Gasteiger partial charge in [0.25, 0.3) is 0 Å². The molecule has 23 heavy (non-hydrogen) atoms. The van der Waals surface area contributed by atoms with Gasteiger partial charge >= 0.3 is 5.97 Å². The number of benzene rings is 1. The third-order valence-electron chi connectivity index (χ3n) is 4.02. The van der Waals surface area contributed by atoms with Gasteiger partial charge in [0.1, 0.15) is 0 Å². The first kappa shape index (κ1) is 17.1. The molecule has 1 heterocycles. The molecule has 0 fully saturated rings. The summed E-state index contributed by atoms with van der Waals surface area (Å²) in [5.74, 6) is -1.73. The van der Waals surface area contributed by atoms with Crippen LogP contribution in [-0.2, 0) is 16.0 Å². The minimum atomic E-state index is -0.978. The Kier molecular flexibility index (Phi) is 5.15. The van der Waals surface area contributed by atoms with E-state index >= 15 is 0 Å².